The summed E-state index contributed by atoms with van der Waals surface area (Å²) in [6, 6.07) is 1.70. The Balaban J connectivity index is 2.28. The van der Waals surface area contributed by atoms with Crippen LogP contribution in [0.15, 0.2) is 16.8 Å². The van der Waals surface area contributed by atoms with E-state index in [1.807, 2.05) is 6.92 Å². The van der Waals surface area contributed by atoms with Gasteiger partial charge in [-0.05, 0) is 26.8 Å². The van der Waals surface area contributed by atoms with Crippen LogP contribution in [-0.2, 0) is 10.3 Å². The average Bonchev–Trinajstić information content (AvgIpc) is 2.90. The lowest BCUT2D eigenvalue weighted by molar-refractivity contribution is -0.120. The van der Waals surface area contributed by atoms with E-state index in [1.165, 1.54) is 6.92 Å². The fourth-order valence-electron chi connectivity index (χ4n) is 1.94. The van der Waals surface area contributed by atoms with Gasteiger partial charge in [-0.25, -0.2) is 4.98 Å². The third-order valence-electron chi connectivity index (χ3n) is 2.91. The lowest BCUT2D eigenvalue weighted by Gasteiger charge is -2.20. The minimum atomic E-state index is -0.728. The molecule has 2 N–H and O–H groups in total. The van der Waals surface area contributed by atoms with Crippen molar-refractivity contribution >= 4 is 23.3 Å². The maximum atomic E-state index is 11.2. The van der Waals surface area contributed by atoms with Gasteiger partial charge in [-0.3, -0.25) is 4.79 Å². The van der Waals surface area contributed by atoms with Gasteiger partial charge in [0.2, 0.25) is 5.91 Å². The predicted octanol–water partition coefficient (Wildman–Crippen LogP) is 2.59. The van der Waals surface area contributed by atoms with Crippen molar-refractivity contribution in [3.05, 3.63) is 23.1 Å². The number of hydrogen-bond acceptors (Lipinski definition) is 6. The lowest BCUT2D eigenvalue weighted by Crippen LogP contribution is -2.40. The van der Waals surface area contributed by atoms with Crippen molar-refractivity contribution in [2.45, 2.75) is 33.2 Å². The van der Waals surface area contributed by atoms with Gasteiger partial charge in [0.15, 0.2) is 5.82 Å². The van der Waals surface area contributed by atoms with E-state index in [0.717, 1.165) is 6.54 Å². The van der Waals surface area contributed by atoms with Crippen LogP contribution in [0, 0.1) is 0 Å². The lowest BCUT2D eigenvalue weighted by atomic mass is 10.1. The third kappa shape index (κ3) is 3.54. The number of halogens is 1. The second-order valence-corrected chi connectivity index (χ2v) is 5.72. The number of anilines is 1. The molecule has 118 valence electrons. The normalized spacial score (nSPS) is 11.3. The van der Waals surface area contributed by atoms with Gasteiger partial charge in [0.05, 0.1) is 16.1 Å². The standard InChI is InChI=1S/C14H18ClN5O2/c1-5-16-11-10(15)6-9(7-17-11)12-18-13(20-22-12)14(3,4)19-8(2)21/h6-7H,5H2,1-4H3,(H,16,17)(H,19,21). The molecule has 0 saturated heterocycles. The number of pyridine rings is 1. The van der Waals surface area contributed by atoms with Crippen LogP contribution in [0.5, 0.6) is 0 Å². The molecule has 0 bridgehead atoms. The molecule has 0 aliphatic heterocycles. The molecule has 0 aromatic carbocycles. The maximum absolute atomic E-state index is 11.2. The van der Waals surface area contributed by atoms with Gasteiger partial charge in [0.1, 0.15) is 5.82 Å². The van der Waals surface area contributed by atoms with Crippen molar-refractivity contribution in [1.82, 2.24) is 20.4 Å². The van der Waals surface area contributed by atoms with Crippen LogP contribution in [0.4, 0.5) is 5.82 Å². The molecule has 2 aromatic heterocycles. The molecular weight excluding hydrogens is 306 g/mol. The second kappa shape index (κ2) is 6.31. The van der Waals surface area contributed by atoms with Crippen molar-refractivity contribution in [2.24, 2.45) is 0 Å². The first kappa shape index (κ1) is 16.2. The first-order valence-corrected chi connectivity index (χ1v) is 7.24. The van der Waals surface area contributed by atoms with Crippen LogP contribution in [0.2, 0.25) is 5.02 Å². The van der Waals surface area contributed by atoms with Crippen molar-refractivity contribution in [1.29, 1.82) is 0 Å². The summed E-state index contributed by atoms with van der Waals surface area (Å²) >= 11 is 6.15. The number of amides is 1. The summed E-state index contributed by atoms with van der Waals surface area (Å²) in [7, 11) is 0. The summed E-state index contributed by atoms with van der Waals surface area (Å²) in [5.41, 5.74) is -0.113. The van der Waals surface area contributed by atoms with Gasteiger partial charge >= 0.3 is 0 Å². The highest BCUT2D eigenvalue weighted by Gasteiger charge is 2.28. The predicted molar refractivity (Wildman–Crippen MR) is 83.5 cm³/mol. The molecule has 7 nitrogen and oxygen atoms in total. The number of hydrogen-bond donors (Lipinski definition) is 2. The number of aromatic nitrogens is 3. The molecule has 0 aliphatic carbocycles. The van der Waals surface area contributed by atoms with Gasteiger partial charge in [-0.2, -0.15) is 4.98 Å². The Morgan fingerprint density at radius 3 is 2.77 bits per heavy atom. The SMILES string of the molecule is CCNc1ncc(-c2nc(C(C)(C)NC(C)=O)no2)cc1Cl. The van der Waals surface area contributed by atoms with Crippen LogP contribution in [0.1, 0.15) is 33.5 Å². The number of carbonyl (C=O) groups excluding carboxylic acids is 1. The van der Waals surface area contributed by atoms with E-state index >= 15 is 0 Å². The fraction of sp³-hybridized carbons (Fsp3) is 0.429. The van der Waals surface area contributed by atoms with E-state index in [4.69, 9.17) is 16.1 Å². The Labute approximate surface area is 133 Å². The molecule has 0 fully saturated rings. The molecule has 0 atom stereocenters. The summed E-state index contributed by atoms with van der Waals surface area (Å²) in [6.45, 7) is 7.71. The zero-order chi connectivity index (χ0) is 16.3. The van der Waals surface area contributed by atoms with Gasteiger partial charge in [0.25, 0.3) is 5.89 Å². The van der Waals surface area contributed by atoms with Gasteiger partial charge in [-0.15, -0.1) is 0 Å². The molecule has 2 rings (SSSR count). The zero-order valence-electron chi connectivity index (χ0n) is 12.9. The van der Waals surface area contributed by atoms with Crippen molar-refractivity contribution < 1.29 is 9.32 Å². The van der Waals surface area contributed by atoms with E-state index in [9.17, 15) is 4.79 Å². The molecule has 1 amide bonds. The number of nitrogens with zero attached hydrogens (tertiary/aromatic N) is 3. The molecule has 0 aliphatic rings. The molecule has 2 heterocycles. The first-order chi connectivity index (χ1) is 10.3. The molecule has 0 saturated carbocycles. The molecule has 8 heteroatoms. The summed E-state index contributed by atoms with van der Waals surface area (Å²) in [6.07, 6.45) is 1.60. The average molecular weight is 324 g/mol. The van der Waals surface area contributed by atoms with Gasteiger partial charge in [-0.1, -0.05) is 16.8 Å². The smallest absolute Gasteiger partial charge is 0.259 e. The number of carbonyl (C=O) groups is 1. The highest BCUT2D eigenvalue weighted by Crippen LogP contribution is 2.27. The molecule has 22 heavy (non-hydrogen) atoms. The minimum absolute atomic E-state index is 0.170. The summed E-state index contributed by atoms with van der Waals surface area (Å²) in [4.78, 5) is 19.8. The first-order valence-electron chi connectivity index (χ1n) is 6.86. The van der Waals surface area contributed by atoms with Gasteiger partial charge < -0.3 is 15.2 Å². The monoisotopic (exact) mass is 323 g/mol. The topological polar surface area (TPSA) is 92.9 Å². The Bertz CT molecular complexity index is 684. The highest BCUT2D eigenvalue weighted by molar-refractivity contribution is 6.33. The van der Waals surface area contributed by atoms with Crippen molar-refractivity contribution in [3.8, 4) is 11.5 Å². The van der Waals surface area contributed by atoms with Crippen molar-refractivity contribution in [2.75, 3.05) is 11.9 Å². The Hall–Kier alpha value is -2.15. The van der Waals surface area contributed by atoms with E-state index in [-0.39, 0.29) is 5.91 Å². The van der Waals surface area contributed by atoms with Crippen LogP contribution < -0.4 is 10.6 Å². The maximum Gasteiger partial charge on any atom is 0.259 e. The molecule has 0 spiro atoms. The number of rotatable bonds is 5. The molecule has 0 unspecified atom stereocenters. The van der Waals surface area contributed by atoms with Crippen LogP contribution in [0.25, 0.3) is 11.5 Å². The van der Waals surface area contributed by atoms with Crippen LogP contribution >= 0.6 is 11.6 Å². The van der Waals surface area contributed by atoms with E-state index in [2.05, 4.69) is 25.8 Å². The zero-order valence-corrected chi connectivity index (χ0v) is 13.7. The minimum Gasteiger partial charge on any atom is -0.369 e. The van der Waals surface area contributed by atoms with Gasteiger partial charge in [0, 0.05) is 19.7 Å². The quantitative estimate of drug-likeness (QED) is 0.878. The van der Waals surface area contributed by atoms with E-state index in [0.29, 0.717) is 28.1 Å². The van der Waals surface area contributed by atoms with Crippen molar-refractivity contribution in [3.63, 3.8) is 0 Å². The highest BCUT2D eigenvalue weighted by atomic mass is 35.5. The van der Waals surface area contributed by atoms with E-state index in [1.54, 1.807) is 26.1 Å². The summed E-state index contributed by atoms with van der Waals surface area (Å²) < 4.78 is 5.24. The summed E-state index contributed by atoms with van der Waals surface area (Å²) in [5.74, 6) is 1.11. The Kier molecular flexibility index (Phi) is 4.65. The van der Waals surface area contributed by atoms with E-state index < -0.39 is 5.54 Å². The number of nitrogens with one attached hydrogen (secondary N) is 2. The largest absolute Gasteiger partial charge is 0.369 e. The molecular formula is C14H18ClN5O2. The summed E-state index contributed by atoms with van der Waals surface area (Å²) in [5, 5.41) is 10.2. The second-order valence-electron chi connectivity index (χ2n) is 5.31. The van der Waals surface area contributed by atoms with Crippen LogP contribution in [0.3, 0.4) is 0 Å². The molecule has 0 radical (unpaired) electrons. The fourth-order valence-corrected chi connectivity index (χ4v) is 2.18. The Morgan fingerprint density at radius 1 is 1.45 bits per heavy atom. The Morgan fingerprint density at radius 2 is 2.18 bits per heavy atom. The third-order valence-corrected chi connectivity index (χ3v) is 3.19. The van der Waals surface area contributed by atoms with Crippen LogP contribution in [-0.4, -0.2) is 27.6 Å². The molecule has 2 aromatic rings.